The zero-order chi connectivity index (χ0) is 22.2. The summed E-state index contributed by atoms with van der Waals surface area (Å²) < 4.78 is 5.58. The van der Waals surface area contributed by atoms with Gasteiger partial charge >= 0.3 is 0 Å². The number of pyridine rings is 1. The third-order valence-corrected chi connectivity index (χ3v) is 6.79. The summed E-state index contributed by atoms with van der Waals surface area (Å²) in [5.41, 5.74) is 2.26. The van der Waals surface area contributed by atoms with Gasteiger partial charge < -0.3 is 14.5 Å². The van der Waals surface area contributed by atoms with Crippen LogP contribution in [0.15, 0.2) is 54.9 Å². The van der Waals surface area contributed by atoms with Gasteiger partial charge in [-0.2, -0.15) is 0 Å². The lowest BCUT2D eigenvalue weighted by Gasteiger charge is -2.39. The van der Waals surface area contributed by atoms with E-state index in [0.29, 0.717) is 19.1 Å². The lowest BCUT2D eigenvalue weighted by Crippen LogP contribution is -2.49. The third kappa shape index (κ3) is 6.15. The van der Waals surface area contributed by atoms with Gasteiger partial charge in [0.05, 0.1) is 13.2 Å². The molecule has 6 heteroatoms. The molecule has 1 aromatic carbocycles. The van der Waals surface area contributed by atoms with Gasteiger partial charge in [-0.25, -0.2) is 0 Å². The fourth-order valence-electron chi connectivity index (χ4n) is 4.81. The third-order valence-electron chi connectivity index (χ3n) is 6.79. The van der Waals surface area contributed by atoms with E-state index in [4.69, 9.17) is 4.74 Å². The minimum atomic E-state index is -0.297. The van der Waals surface area contributed by atoms with Gasteiger partial charge in [0.2, 0.25) is 5.91 Å². The predicted octanol–water partition coefficient (Wildman–Crippen LogP) is 2.87. The van der Waals surface area contributed by atoms with Gasteiger partial charge in [0.25, 0.3) is 0 Å². The molecular weight excluding hydrogens is 400 g/mol. The molecule has 0 saturated carbocycles. The van der Waals surface area contributed by atoms with E-state index in [1.807, 2.05) is 24.4 Å². The quantitative estimate of drug-likeness (QED) is 0.637. The van der Waals surface area contributed by atoms with Gasteiger partial charge in [-0.3, -0.25) is 14.7 Å². The molecule has 172 valence electrons. The molecule has 4 rings (SSSR count). The van der Waals surface area contributed by atoms with E-state index in [2.05, 4.69) is 51.0 Å². The molecule has 6 nitrogen and oxygen atoms in total. The van der Waals surface area contributed by atoms with Crippen molar-refractivity contribution in [3.8, 4) is 0 Å². The summed E-state index contributed by atoms with van der Waals surface area (Å²) in [6.45, 7) is 6.68. The number of hydrogen-bond acceptors (Lipinski definition) is 5. The van der Waals surface area contributed by atoms with Crippen molar-refractivity contribution in [1.82, 2.24) is 19.7 Å². The van der Waals surface area contributed by atoms with Crippen LogP contribution in [0.2, 0.25) is 0 Å². The van der Waals surface area contributed by atoms with E-state index in [9.17, 15) is 4.79 Å². The van der Waals surface area contributed by atoms with Crippen LogP contribution < -0.4 is 0 Å². The maximum Gasteiger partial charge on any atom is 0.244 e. The van der Waals surface area contributed by atoms with Crippen LogP contribution in [0.1, 0.15) is 30.0 Å². The first-order valence-electron chi connectivity index (χ1n) is 11.9. The molecule has 0 N–H and O–H groups in total. The summed E-state index contributed by atoms with van der Waals surface area (Å²) in [6.07, 6.45) is 6.81. The zero-order valence-corrected chi connectivity index (χ0v) is 19.2. The molecule has 0 unspecified atom stereocenters. The van der Waals surface area contributed by atoms with E-state index >= 15 is 0 Å². The van der Waals surface area contributed by atoms with Crippen LogP contribution in [-0.4, -0.2) is 85.1 Å². The number of aromatic nitrogens is 1. The minimum absolute atomic E-state index is 0.203. The Labute approximate surface area is 192 Å². The fourth-order valence-corrected chi connectivity index (χ4v) is 4.81. The monoisotopic (exact) mass is 436 g/mol. The number of nitrogens with zero attached hydrogens (tertiary/aromatic N) is 4. The molecule has 32 heavy (non-hydrogen) atoms. The molecule has 2 saturated heterocycles. The number of ether oxygens (including phenoxy) is 1. The second-order valence-electron chi connectivity index (χ2n) is 9.10. The highest BCUT2D eigenvalue weighted by atomic mass is 16.5. The maximum atomic E-state index is 14.1. The van der Waals surface area contributed by atoms with Crippen LogP contribution in [0, 0.1) is 5.92 Å². The second kappa shape index (κ2) is 11.5. The molecule has 1 aromatic heterocycles. The first-order chi connectivity index (χ1) is 15.7. The molecule has 0 bridgehead atoms. The first kappa shape index (κ1) is 22.9. The Hall–Kier alpha value is -2.28. The SMILES string of the molecule is CN1CCC(CN(CCc2ccccc2)C(=O)[C@H](c2cccnc2)N2CCOCC2)CC1. The molecule has 2 aromatic rings. The van der Waals surface area contributed by atoms with Gasteiger partial charge in [-0.1, -0.05) is 36.4 Å². The fraction of sp³-hybridized carbons (Fsp3) is 0.538. The number of carbonyl (C=O) groups is 1. The molecule has 0 aliphatic carbocycles. The van der Waals surface area contributed by atoms with Crippen LogP contribution in [-0.2, 0) is 16.0 Å². The van der Waals surface area contributed by atoms with Crippen molar-refractivity contribution in [2.75, 3.05) is 59.5 Å². The predicted molar refractivity (Wildman–Crippen MR) is 126 cm³/mol. The number of benzene rings is 1. The lowest BCUT2D eigenvalue weighted by atomic mass is 9.95. The van der Waals surface area contributed by atoms with E-state index < -0.39 is 0 Å². The number of hydrogen-bond donors (Lipinski definition) is 0. The molecule has 1 atom stereocenters. The second-order valence-corrected chi connectivity index (χ2v) is 9.10. The van der Waals surface area contributed by atoms with Crippen molar-refractivity contribution in [2.24, 2.45) is 5.92 Å². The Kier molecular flexibility index (Phi) is 8.26. The summed E-state index contributed by atoms with van der Waals surface area (Å²) in [5, 5.41) is 0. The van der Waals surface area contributed by atoms with Crippen LogP contribution in [0.25, 0.3) is 0 Å². The smallest absolute Gasteiger partial charge is 0.244 e. The number of amides is 1. The Balaban J connectivity index is 1.55. The van der Waals surface area contributed by atoms with Gasteiger partial charge in [0.1, 0.15) is 6.04 Å². The van der Waals surface area contributed by atoms with Gasteiger partial charge in [0, 0.05) is 38.6 Å². The molecule has 2 aliphatic rings. The average Bonchev–Trinajstić information content (AvgIpc) is 2.85. The van der Waals surface area contributed by atoms with Crippen molar-refractivity contribution in [3.63, 3.8) is 0 Å². The summed E-state index contributed by atoms with van der Waals surface area (Å²) in [6, 6.07) is 14.2. The van der Waals surface area contributed by atoms with E-state index in [1.54, 1.807) is 6.20 Å². The first-order valence-corrected chi connectivity index (χ1v) is 11.9. The van der Waals surface area contributed by atoms with Crippen molar-refractivity contribution in [3.05, 3.63) is 66.0 Å². The van der Waals surface area contributed by atoms with Crippen LogP contribution >= 0.6 is 0 Å². The summed E-state index contributed by atoms with van der Waals surface area (Å²) >= 11 is 0. The standard InChI is InChI=1S/C26H36N4O2/c1-28-13-9-23(10-14-28)21-30(15-11-22-6-3-2-4-7-22)26(31)25(24-8-5-12-27-20-24)29-16-18-32-19-17-29/h2-8,12,20,23,25H,9-11,13-19,21H2,1H3/t25-/m0/s1. The number of piperidine rings is 1. The highest BCUT2D eigenvalue weighted by Gasteiger charge is 2.33. The molecule has 3 heterocycles. The van der Waals surface area contributed by atoms with Crippen molar-refractivity contribution in [1.29, 1.82) is 0 Å². The maximum absolute atomic E-state index is 14.1. The number of likely N-dealkylation sites (tertiary alicyclic amines) is 1. The highest BCUT2D eigenvalue weighted by molar-refractivity contribution is 5.83. The Bertz CT molecular complexity index is 818. The number of carbonyl (C=O) groups excluding carboxylic acids is 1. The summed E-state index contributed by atoms with van der Waals surface area (Å²) in [7, 11) is 2.19. The molecule has 2 fully saturated rings. The van der Waals surface area contributed by atoms with E-state index in [0.717, 1.165) is 64.1 Å². The Morgan fingerprint density at radius 3 is 2.53 bits per heavy atom. The number of morpholine rings is 1. The van der Waals surface area contributed by atoms with Gasteiger partial charge in [0.15, 0.2) is 0 Å². The largest absolute Gasteiger partial charge is 0.379 e. The minimum Gasteiger partial charge on any atom is -0.379 e. The van der Waals surface area contributed by atoms with Crippen molar-refractivity contribution < 1.29 is 9.53 Å². The normalized spacial score (nSPS) is 19.5. The zero-order valence-electron chi connectivity index (χ0n) is 19.2. The molecule has 1 amide bonds. The summed E-state index contributed by atoms with van der Waals surface area (Å²) in [5.74, 6) is 0.764. The Morgan fingerprint density at radius 1 is 1.09 bits per heavy atom. The number of rotatable bonds is 8. The van der Waals surface area contributed by atoms with E-state index in [1.165, 1.54) is 5.56 Å². The van der Waals surface area contributed by atoms with Gasteiger partial charge in [-0.05, 0) is 62.5 Å². The van der Waals surface area contributed by atoms with Crippen molar-refractivity contribution in [2.45, 2.75) is 25.3 Å². The lowest BCUT2D eigenvalue weighted by molar-refractivity contribution is -0.140. The molecular formula is C26H36N4O2. The van der Waals surface area contributed by atoms with Crippen LogP contribution in [0.5, 0.6) is 0 Å². The summed E-state index contributed by atoms with van der Waals surface area (Å²) in [4.78, 5) is 25.2. The average molecular weight is 437 g/mol. The van der Waals surface area contributed by atoms with Crippen LogP contribution in [0.4, 0.5) is 0 Å². The Morgan fingerprint density at radius 2 is 1.84 bits per heavy atom. The highest BCUT2D eigenvalue weighted by Crippen LogP contribution is 2.26. The van der Waals surface area contributed by atoms with Crippen molar-refractivity contribution >= 4 is 5.91 Å². The van der Waals surface area contributed by atoms with Gasteiger partial charge in [-0.15, -0.1) is 0 Å². The topological polar surface area (TPSA) is 48.9 Å². The molecule has 0 spiro atoms. The molecule has 0 radical (unpaired) electrons. The van der Waals surface area contributed by atoms with E-state index in [-0.39, 0.29) is 11.9 Å². The van der Waals surface area contributed by atoms with Crippen LogP contribution in [0.3, 0.4) is 0 Å². The molecule has 2 aliphatic heterocycles.